The Morgan fingerprint density at radius 1 is 1.38 bits per heavy atom. The fraction of sp³-hybridized carbons (Fsp3) is 0.333. The number of carboxylic acids is 1. The number of fused-ring (bicyclic) bond motifs is 1. The van der Waals surface area contributed by atoms with Crippen LogP contribution in [0.15, 0.2) is 52.4 Å². The number of nitrogens with zero attached hydrogens (tertiary/aromatic N) is 4. The zero-order valence-corrected chi connectivity index (χ0v) is 20.0. The number of aromatic nitrogens is 2. The number of thioether (sulfide) groups is 1. The van der Waals surface area contributed by atoms with Crippen molar-refractivity contribution >= 4 is 51.7 Å². The van der Waals surface area contributed by atoms with E-state index in [1.165, 1.54) is 16.7 Å². The van der Waals surface area contributed by atoms with E-state index >= 15 is 0 Å². The Kier molecular flexibility index (Phi) is 6.84. The minimum Gasteiger partial charge on any atom is -0.477 e. The van der Waals surface area contributed by atoms with Gasteiger partial charge in [-0.1, -0.05) is 11.2 Å². The van der Waals surface area contributed by atoms with Crippen molar-refractivity contribution in [2.75, 3.05) is 11.5 Å². The molecule has 2 atom stereocenters. The molecule has 1 saturated heterocycles. The lowest BCUT2D eigenvalue weighted by molar-refractivity contribution is -0.689. The number of β-lactam (4-membered cyclic amide) rings is 1. The number of amides is 2. The minimum absolute atomic E-state index is 0.0418. The molecule has 1 unspecified atom stereocenters. The van der Waals surface area contributed by atoms with Crippen LogP contribution in [0.5, 0.6) is 0 Å². The Morgan fingerprint density at radius 2 is 2.12 bits per heavy atom. The molecule has 1 fully saturated rings. The van der Waals surface area contributed by atoms with Gasteiger partial charge in [0.25, 0.3) is 11.8 Å². The van der Waals surface area contributed by atoms with Crippen molar-refractivity contribution in [2.24, 2.45) is 5.16 Å². The first-order valence-electron chi connectivity index (χ1n) is 10.4. The lowest BCUT2D eigenvalue weighted by Crippen LogP contribution is -2.71. The number of nitrogens with two attached hydrogens (primary N) is 1. The number of pyridine rings is 1. The van der Waals surface area contributed by atoms with Crippen molar-refractivity contribution in [1.82, 2.24) is 15.2 Å². The maximum absolute atomic E-state index is 13.0. The number of rotatable bonds is 8. The fourth-order valence-corrected chi connectivity index (χ4v) is 5.42. The highest BCUT2D eigenvalue weighted by atomic mass is 32.2. The molecule has 0 aromatic carbocycles. The van der Waals surface area contributed by atoms with Gasteiger partial charge in [0.1, 0.15) is 28.9 Å². The molecule has 0 saturated carbocycles. The largest absolute Gasteiger partial charge is 0.477 e. The highest BCUT2D eigenvalue weighted by Crippen LogP contribution is 2.40. The second-order valence-corrected chi connectivity index (χ2v) is 9.83. The summed E-state index contributed by atoms with van der Waals surface area (Å²) >= 11 is 2.54. The average molecular weight is 504 g/mol. The smallest absolute Gasteiger partial charge is 0.352 e. The third kappa shape index (κ3) is 4.75. The van der Waals surface area contributed by atoms with Crippen molar-refractivity contribution in [3.8, 4) is 0 Å². The SMILES string of the molecule is CC(C)O/N=C(\C(=O)NC1C(=O)N2C(C(=O)O)=C(C[n+]3ccccc3)CS[C@H]12)c1csc(N)n1. The van der Waals surface area contributed by atoms with Gasteiger partial charge in [-0.15, -0.1) is 23.1 Å². The molecule has 4 N–H and O–H groups in total. The van der Waals surface area contributed by atoms with Gasteiger partial charge >= 0.3 is 5.97 Å². The third-order valence-electron chi connectivity index (χ3n) is 5.02. The molecule has 0 spiro atoms. The van der Waals surface area contributed by atoms with Gasteiger partial charge in [-0.3, -0.25) is 14.5 Å². The van der Waals surface area contributed by atoms with Crippen LogP contribution in [0.2, 0.25) is 0 Å². The van der Waals surface area contributed by atoms with Crippen LogP contribution in [0.1, 0.15) is 19.5 Å². The van der Waals surface area contributed by atoms with Gasteiger partial charge in [-0.2, -0.15) is 0 Å². The highest BCUT2D eigenvalue weighted by Gasteiger charge is 2.54. The topological polar surface area (TPSA) is 151 Å². The van der Waals surface area contributed by atoms with Crippen LogP contribution >= 0.6 is 23.1 Å². The van der Waals surface area contributed by atoms with Crippen molar-refractivity contribution in [3.63, 3.8) is 0 Å². The Bertz CT molecular complexity index is 1180. The average Bonchev–Trinajstić information content (AvgIpc) is 3.23. The molecule has 2 aromatic heterocycles. The number of nitrogen functional groups attached to an aromatic ring is 1. The molecule has 0 bridgehead atoms. The number of nitrogens with one attached hydrogen (secondary N) is 1. The zero-order valence-electron chi connectivity index (χ0n) is 18.4. The number of hydrogen-bond donors (Lipinski definition) is 3. The van der Waals surface area contributed by atoms with Crippen molar-refractivity contribution in [1.29, 1.82) is 0 Å². The van der Waals surface area contributed by atoms with E-state index in [4.69, 9.17) is 10.6 Å². The van der Waals surface area contributed by atoms with Crippen molar-refractivity contribution < 1.29 is 28.9 Å². The number of hydrogen-bond acceptors (Lipinski definition) is 9. The lowest BCUT2D eigenvalue weighted by atomic mass is 10.0. The molecule has 2 aliphatic heterocycles. The quantitative estimate of drug-likeness (QED) is 0.205. The number of anilines is 1. The third-order valence-corrected chi connectivity index (χ3v) is 7.04. The second-order valence-electron chi connectivity index (χ2n) is 7.83. The Labute approximate surface area is 203 Å². The van der Waals surface area contributed by atoms with Gasteiger partial charge < -0.3 is 21.0 Å². The van der Waals surface area contributed by atoms with Gasteiger partial charge in [0, 0.05) is 28.8 Å². The molecule has 178 valence electrons. The summed E-state index contributed by atoms with van der Waals surface area (Å²) in [5, 5.41) is 17.7. The number of thiazole rings is 1. The molecule has 13 heteroatoms. The molecule has 0 aliphatic carbocycles. The van der Waals surface area contributed by atoms with Crippen molar-refractivity contribution in [3.05, 3.63) is 52.9 Å². The molecule has 4 heterocycles. The molecule has 2 amide bonds. The molecule has 2 aliphatic rings. The number of carboxylic acid groups (broad SMARTS) is 1. The molecular formula is C21H23N6O5S2+. The Balaban J connectivity index is 1.53. The standard InChI is InChI=1S/C21H22N6O5S2/c1-11(2)32-25-14(13-10-34-21(22)23-13)17(28)24-15-18(29)27-16(20(30)31)12(9-33-19(15)27)8-26-6-4-3-5-7-26/h3-7,10-11,15,19H,8-9H2,1-2H3,(H3-,22,23,24,28,30,31)/p+1/b25-14-/t15?,19-/m1/s1. The summed E-state index contributed by atoms with van der Waals surface area (Å²) in [5.41, 5.74) is 6.39. The van der Waals surface area contributed by atoms with E-state index in [0.717, 1.165) is 11.3 Å². The fourth-order valence-electron chi connectivity index (χ4n) is 3.53. The molecule has 0 radical (unpaired) electrons. The Hall–Kier alpha value is -3.45. The normalized spacial score (nSPS) is 20.1. The summed E-state index contributed by atoms with van der Waals surface area (Å²) < 4.78 is 1.85. The summed E-state index contributed by atoms with van der Waals surface area (Å²) in [6, 6.07) is 4.65. The van der Waals surface area contributed by atoms with E-state index in [1.54, 1.807) is 19.2 Å². The number of aliphatic carboxylic acids is 1. The Morgan fingerprint density at radius 3 is 2.74 bits per heavy atom. The van der Waals surface area contributed by atoms with Crippen molar-refractivity contribution in [2.45, 2.75) is 37.9 Å². The second kappa shape index (κ2) is 9.81. The molecular weight excluding hydrogens is 480 g/mol. The van der Waals surface area contributed by atoms with Gasteiger partial charge in [0.2, 0.25) is 0 Å². The first-order chi connectivity index (χ1) is 16.3. The summed E-state index contributed by atoms with van der Waals surface area (Å²) in [7, 11) is 0. The van der Waals surface area contributed by atoms with Crippen LogP contribution < -0.4 is 15.6 Å². The predicted molar refractivity (Wildman–Crippen MR) is 126 cm³/mol. The van der Waals surface area contributed by atoms with Gasteiger partial charge in [-0.25, -0.2) is 14.3 Å². The van der Waals surface area contributed by atoms with E-state index in [-0.39, 0.29) is 28.3 Å². The van der Waals surface area contributed by atoms with Crippen LogP contribution in [0.4, 0.5) is 5.13 Å². The number of oxime groups is 1. The zero-order chi connectivity index (χ0) is 24.4. The summed E-state index contributed by atoms with van der Waals surface area (Å²) in [6.07, 6.45) is 3.38. The number of carbonyl (C=O) groups excluding carboxylic acids is 2. The predicted octanol–water partition coefficient (Wildman–Crippen LogP) is 0.581. The highest BCUT2D eigenvalue weighted by molar-refractivity contribution is 8.00. The maximum Gasteiger partial charge on any atom is 0.352 e. The van der Waals surface area contributed by atoms with E-state index in [0.29, 0.717) is 17.9 Å². The minimum atomic E-state index is -1.18. The van der Waals surface area contributed by atoms with Gasteiger partial charge in [0.15, 0.2) is 29.8 Å². The summed E-state index contributed by atoms with van der Waals surface area (Å²) in [5.74, 6) is -1.93. The van der Waals surface area contributed by atoms with Crippen LogP contribution in [-0.4, -0.2) is 61.8 Å². The first kappa shape index (κ1) is 23.7. The molecule has 34 heavy (non-hydrogen) atoms. The van der Waals surface area contributed by atoms with E-state index in [9.17, 15) is 19.5 Å². The lowest BCUT2D eigenvalue weighted by Gasteiger charge is -2.49. The molecule has 2 aromatic rings. The van der Waals surface area contributed by atoms with Crippen LogP contribution in [0.25, 0.3) is 0 Å². The first-order valence-corrected chi connectivity index (χ1v) is 12.3. The van der Waals surface area contributed by atoms with E-state index in [2.05, 4.69) is 15.5 Å². The summed E-state index contributed by atoms with van der Waals surface area (Å²) in [6.45, 7) is 3.86. The van der Waals surface area contributed by atoms with Crippen LogP contribution in [0, 0.1) is 0 Å². The van der Waals surface area contributed by atoms with Gasteiger partial charge in [0.05, 0.1) is 0 Å². The van der Waals surface area contributed by atoms with Gasteiger partial charge in [-0.05, 0) is 13.8 Å². The van der Waals surface area contributed by atoms with Crippen LogP contribution in [0.3, 0.4) is 0 Å². The molecule has 4 rings (SSSR count). The van der Waals surface area contributed by atoms with Crippen LogP contribution in [-0.2, 0) is 25.8 Å². The monoisotopic (exact) mass is 503 g/mol. The summed E-state index contributed by atoms with van der Waals surface area (Å²) in [4.78, 5) is 48.6. The van der Waals surface area contributed by atoms with E-state index in [1.807, 2.05) is 35.2 Å². The maximum atomic E-state index is 13.0. The van der Waals surface area contributed by atoms with E-state index < -0.39 is 29.2 Å². The molecule has 11 nitrogen and oxygen atoms in total. The number of carbonyl (C=O) groups is 3.